The van der Waals surface area contributed by atoms with Crippen LogP contribution < -0.4 is 14.8 Å². The van der Waals surface area contributed by atoms with Gasteiger partial charge in [-0.2, -0.15) is 0 Å². The first-order chi connectivity index (χ1) is 16.2. The highest BCUT2D eigenvalue weighted by atomic mass is 16.5. The van der Waals surface area contributed by atoms with E-state index in [-0.39, 0.29) is 18.3 Å². The fraction of sp³-hybridized carbons (Fsp3) is 0.310. The van der Waals surface area contributed by atoms with Crippen molar-refractivity contribution in [2.75, 3.05) is 11.9 Å². The Morgan fingerprint density at radius 2 is 1.56 bits per heavy atom. The molecule has 1 amide bonds. The van der Waals surface area contributed by atoms with Crippen molar-refractivity contribution in [3.05, 3.63) is 88.5 Å². The summed E-state index contributed by atoms with van der Waals surface area (Å²) >= 11 is 0. The number of aryl methyl sites for hydroxylation is 3. The molecule has 0 radical (unpaired) electrons. The zero-order valence-corrected chi connectivity index (χ0v) is 20.6. The highest BCUT2D eigenvalue weighted by Crippen LogP contribution is 2.24. The molecule has 0 heterocycles. The number of carbonyl (C=O) groups excluding carboxylic acids is 2. The first-order valence-electron chi connectivity index (χ1n) is 11.7. The van der Waals surface area contributed by atoms with Crippen LogP contribution in [-0.4, -0.2) is 18.5 Å². The number of amides is 1. The molecule has 0 aliphatic rings. The van der Waals surface area contributed by atoms with Gasteiger partial charge < -0.3 is 14.8 Å². The largest absolute Gasteiger partial charge is 0.494 e. The molecule has 0 aromatic heterocycles. The Morgan fingerprint density at radius 3 is 2.24 bits per heavy atom. The lowest BCUT2D eigenvalue weighted by molar-refractivity contribution is -0.134. The molecule has 0 aliphatic carbocycles. The lowest BCUT2D eigenvalue weighted by atomic mass is 9.98. The molecule has 3 aromatic rings. The molecule has 0 bridgehead atoms. The molecule has 34 heavy (non-hydrogen) atoms. The van der Waals surface area contributed by atoms with Gasteiger partial charge in [0.25, 0.3) is 5.91 Å². The smallest absolute Gasteiger partial charge is 0.311 e. The van der Waals surface area contributed by atoms with Gasteiger partial charge in [-0.05, 0) is 97.8 Å². The molecule has 3 aromatic carbocycles. The first kappa shape index (κ1) is 25.0. The van der Waals surface area contributed by atoms with Crippen LogP contribution in [0.1, 0.15) is 65.2 Å². The van der Waals surface area contributed by atoms with Crippen LogP contribution in [0.15, 0.2) is 60.7 Å². The molecular weight excluding hydrogens is 426 g/mol. The van der Waals surface area contributed by atoms with Crippen LogP contribution in [0.4, 0.5) is 5.69 Å². The fourth-order valence-corrected chi connectivity index (χ4v) is 3.71. The molecule has 0 saturated carbocycles. The second-order valence-electron chi connectivity index (χ2n) is 8.90. The standard InChI is InChI=1S/C29H33NO4/c1-19(2)26-15-14-25(18-22(26)5)33-16-6-7-28(31)34-24-12-10-23(11-13-24)29(32)30-27-17-20(3)8-9-21(27)4/h8-15,17-19H,6-7,16H2,1-5H3,(H,30,32). The molecule has 0 atom stereocenters. The molecule has 5 heteroatoms. The number of hydrogen-bond donors (Lipinski definition) is 1. The van der Waals surface area contributed by atoms with Crippen LogP contribution in [0.3, 0.4) is 0 Å². The summed E-state index contributed by atoms with van der Waals surface area (Å²) in [5, 5.41) is 2.93. The van der Waals surface area contributed by atoms with Crippen molar-refractivity contribution in [2.24, 2.45) is 0 Å². The van der Waals surface area contributed by atoms with Gasteiger partial charge in [-0.25, -0.2) is 0 Å². The number of ether oxygens (including phenoxy) is 2. The van der Waals surface area contributed by atoms with Gasteiger partial charge in [-0.3, -0.25) is 9.59 Å². The summed E-state index contributed by atoms with van der Waals surface area (Å²) in [7, 11) is 0. The zero-order chi connectivity index (χ0) is 24.7. The van der Waals surface area contributed by atoms with E-state index in [4.69, 9.17) is 9.47 Å². The number of anilines is 1. The second kappa shape index (κ2) is 11.5. The van der Waals surface area contributed by atoms with E-state index in [1.165, 1.54) is 11.1 Å². The third-order valence-corrected chi connectivity index (χ3v) is 5.65. The maximum absolute atomic E-state index is 12.5. The van der Waals surface area contributed by atoms with E-state index in [1.54, 1.807) is 24.3 Å². The van der Waals surface area contributed by atoms with Gasteiger partial charge in [0.2, 0.25) is 0 Å². The van der Waals surface area contributed by atoms with Crippen LogP contribution in [0.25, 0.3) is 0 Å². The Labute approximate surface area is 202 Å². The Kier molecular flexibility index (Phi) is 8.47. The van der Waals surface area contributed by atoms with Crippen molar-refractivity contribution in [1.29, 1.82) is 0 Å². The van der Waals surface area contributed by atoms with Crippen LogP contribution in [0, 0.1) is 20.8 Å². The van der Waals surface area contributed by atoms with E-state index in [1.807, 2.05) is 44.2 Å². The van der Waals surface area contributed by atoms with E-state index in [9.17, 15) is 9.59 Å². The van der Waals surface area contributed by atoms with Crippen molar-refractivity contribution >= 4 is 17.6 Å². The molecule has 0 spiro atoms. The third kappa shape index (κ3) is 6.95. The van der Waals surface area contributed by atoms with E-state index < -0.39 is 0 Å². The lowest BCUT2D eigenvalue weighted by Gasteiger charge is -2.12. The van der Waals surface area contributed by atoms with Gasteiger partial charge in [0.1, 0.15) is 11.5 Å². The van der Waals surface area contributed by atoms with Crippen molar-refractivity contribution in [3.63, 3.8) is 0 Å². The molecular formula is C29H33NO4. The molecule has 5 nitrogen and oxygen atoms in total. The third-order valence-electron chi connectivity index (χ3n) is 5.65. The minimum absolute atomic E-state index is 0.208. The Morgan fingerprint density at radius 1 is 0.853 bits per heavy atom. The molecule has 0 aliphatic heterocycles. The van der Waals surface area contributed by atoms with Crippen LogP contribution in [-0.2, 0) is 4.79 Å². The van der Waals surface area contributed by atoms with Crippen LogP contribution in [0.2, 0.25) is 0 Å². The molecule has 3 rings (SSSR count). The van der Waals surface area contributed by atoms with Gasteiger partial charge in [0, 0.05) is 17.7 Å². The molecule has 0 unspecified atom stereocenters. The molecule has 178 valence electrons. The maximum atomic E-state index is 12.5. The SMILES string of the molecule is Cc1ccc(C)c(NC(=O)c2ccc(OC(=O)CCCOc3ccc(C(C)C)c(C)c3)cc2)c1. The lowest BCUT2D eigenvalue weighted by Crippen LogP contribution is -2.13. The Bertz CT molecular complexity index is 1150. The Balaban J connectivity index is 1.44. The average molecular weight is 460 g/mol. The molecule has 1 N–H and O–H groups in total. The number of rotatable bonds is 9. The number of carbonyl (C=O) groups is 2. The van der Waals surface area contributed by atoms with Crippen molar-refractivity contribution in [1.82, 2.24) is 0 Å². The maximum Gasteiger partial charge on any atom is 0.311 e. The highest BCUT2D eigenvalue weighted by molar-refractivity contribution is 6.04. The number of nitrogens with one attached hydrogen (secondary N) is 1. The number of hydrogen-bond acceptors (Lipinski definition) is 4. The van der Waals surface area contributed by atoms with Gasteiger partial charge in [0.15, 0.2) is 0 Å². The summed E-state index contributed by atoms with van der Waals surface area (Å²) in [6.07, 6.45) is 0.804. The Hall–Kier alpha value is -3.60. The fourth-order valence-electron chi connectivity index (χ4n) is 3.71. The van der Waals surface area contributed by atoms with E-state index in [0.717, 1.165) is 22.6 Å². The minimum atomic E-state index is -0.331. The zero-order valence-electron chi connectivity index (χ0n) is 20.6. The predicted octanol–water partition coefficient (Wildman–Crippen LogP) is 6.75. The molecule has 0 saturated heterocycles. The average Bonchev–Trinajstić information content (AvgIpc) is 2.79. The highest BCUT2D eigenvalue weighted by Gasteiger charge is 2.10. The van der Waals surface area contributed by atoms with Gasteiger partial charge in [0.05, 0.1) is 6.61 Å². The molecule has 0 fully saturated rings. The monoisotopic (exact) mass is 459 g/mol. The van der Waals surface area contributed by atoms with Gasteiger partial charge in [-0.1, -0.05) is 32.0 Å². The quantitative estimate of drug-likeness (QED) is 0.218. The van der Waals surface area contributed by atoms with Gasteiger partial charge >= 0.3 is 5.97 Å². The number of esters is 1. The van der Waals surface area contributed by atoms with E-state index in [0.29, 0.717) is 30.3 Å². The minimum Gasteiger partial charge on any atom is -0.494 e. The van der Waals surface area contributed by atoms with Crippen LogP contribution in [0.5, 0.6) is 11.5 Å². The van der Waals surface area contributed by atoms with Crippen molar-refractivity contribution in [3.8, 4) is 11.5 Å². The number of benzene rings is 3. The summed E-state index contributed by atoms with van der Waals surface area (Å²) < 4.78 is 11.2. The van der Waals surface area contributed by atoms with Gasteiger partial charge in [-0.15, -0.1) is 0 Å². The van der Waals surface area contributed by atoms with Crippen LogP contribution >= 0.6 is 0 Å². The summed E-state index contributed by atoms with van der Waals surface area (Å²) in [6, 6.07) is 18.6. The topological polar surface area (TPSA) is 64.6 Å². The second-order valence-corrected chi connectivity index (χ2v) is 8.90. The summed E-state index contributed by atoms with van der Waals surface area (Å²) in [6.45, 7) is 10.8. The predicted molar refractivity (Wildman–Crippen MR) is 136 cm³/mol. The summed E-state index contributed by atoms with van der Waals surface area (Å²) in [5.41, 5.74) is 5.87. The van der Waals surface area contributed by atoms with E-state index >= 15 is 0 Å². The van der Waals surface area contributed by atoms with Crippen molar-refractivity contribution < 1.29 is 19.1 Å². The first-order valence-corrected chi connectivity index (χ1v) is 11.7. The normalized spacial score (nSPS) is 10.8. The summed E-state index contributed by atoms with van der Waals surface area (Å²) in [4.78, 5) is 24.7. The summed E-state index contributed by atoms with van der Waals surface area (Å²) in [5.74, 6) is 1.16. The van der Waals surface area contributed by atoms with Crippen molar-refractivity contribution in [2.45, 2.75) is 53.4 Å². The van der Waals surface area contributed by atoms with E-state index in [2.05, 4.69) is 32.2 Å².